The summed E-state index contributed by atoms with van der Waals surface area (Å²) >= 11 is 2.10. The van der Waals surface area contributed by atoms with E-state index in [9.17, 15) is 0 Å². The molecule has 0 aliphatic carbocycles. The molecule has 3 N–H and O–H groups in total. The van der Waals surface area contributed by atoms with Crippen LogP contribution in [0.1, 0.15) is 24.8 Å². The predicted molar refractivity (Wildman–Crippen MR) is 74.2 cm³/mol. The van der Waals surface area contributed by atoms with E-state index in [0.29, 0.717) is 0 Å². The molecular weight excluding hydrogens is 216 g/mol. The molecule has 0 amide bonds. The summed E-state index contributed by atoms with van der Waals surface area (Å²) < 4.78 is 0. The van der Waals surface area contributed by atoms with Crippen molar-refractivity contribution in [2.24, 2.45) is 0 Å². The largest absolute Gasteiger partial charge is 0.399 e. The molecule has 1 aliphatic rings. The first kappa shape index (κ1) is 11.6. The molecule has 88 valence electrons. The van der Waals surface area contributed by atoms with Gasteiger partial charge < -0.3 is 11.1 Å². The molecule has 0 radical (unpaired) electrons. The molecule has 0 spiro atoms. The van der Waals surface area contributed by atoms with Gasteiger partial charge in [-0.2, -0.15) is 11.8 Å². The summed E-state index contributed by atoms with van der Waals surface area (Å²) in [5.74, 6) is 1.33. The first-order chi connectivity index (χ1) is 7.75. The smallest absolute Gasteiger partial charge is 0.0345 e. The van der Waals surface area contributed by atoms with Crippen molar-refractivity contribution in [1.29, 1.82) is 0 Å². The first-order valence-electron chi connectivity index (χ1n) is 5.97. The maximum atomic E-state index is 5.80. The summed E-state index contributed by atoms with van der Waals surface area (Å²) in [4.78, 5) is 0. The molecular formula is C13H20N2S. The van der Waals surface area contributed by atoms with Crippen molar-refractivity contribution < 1.29 is 0 Å². The van der Waals surface area contributed by atoms with Crippen molar-refractivity contribution in [3.8, 4) is 0 Å². The van der Waals surface area contributed by atoms with Crippen LogP contribution >= 0.6 is 11.8 Å². The summed E-state index contributed by atoms with van der Waals surface area (Å²) in [6.45, 7) is 3.13. The summed E-state index contributed by atoms with van der Waals surface area (Å²) in [6, 6.07) is 6.17. The maximum absolute atomic E-state index is 5.80. The van der Waals surface area contributed by atoms with Crippen LogP contribution in [-0.2, 0) is 0 Å². The molecule has 2 nitrogen and oxygen atoms in total. The van der Waals surface area contributed by atoms with Gasteiger partial charge in [0.25, 0.3) is 0 Å². The Hall–Kier alpha value is -0.830. The van der Waals surface area contributed by atoms with Gasteiger partial charge in [-0.1, -0.05) is 6.42 Å². The molecule has 1 aromatic carbocycles. The van der Waals surface area contributed by atoms with E-state index in [1.165, 1.54) is 30.7 Å². The molecule has 16 heavy (non-hydrogen) atoms. The Balaban J connectivity index is 1.86. The van der Waals surface area contributed by atoms with Crippen molar-refractivity contribution in [3.63, 3.8) is 0 Å². The van der Waals surface area contributed by atoms with Crippen LogP contribution in [0.2, 0.25) is 0 Å². The Bertz CT molecular complexity index is 346. The van der Waals surface area contributed by atoms with Gasteiger partial charge in [-0.3, -0.25) is 0 Å². The molecule has 1 aromatic rings. The average molecular weight is 236 g/mol. The zero-order chi connectivity index (χ0) is 11.4. The van der Waals surface area contributed by atoms with Crippen molar-refractivity contribution >= 4 is 23.1 Å². The SMILES string of the molecule is Cc1cc(NCC2CCCCS2)ccc1N. The van der Waals surface area contributed by atoms with Crippen LogP contribution in [0.5, 0.6) is 0 Å². The van der Waals surface area contributed by atoms with Gasteiger partial charge in [0, 0.05) is 23.2 Å². The zero-order valence-corrected chi connectivity index (χ0v) is 10.6. The third kappa shape index (κ3) is 3.08. The second-order valence-electron chi connectivity index (χ2n) is 4.44. The Kier molecular flexibility index (Phi) is 3.99. The fourth-order valence-corrected chi connectivity index (χ4v) is 3.22. The van der Waals surface area contributed by atoms with Gasteiger partial charge in [-0.25, -0.2) is 0 Å². The number of anilines is 2. The molecule has 1 saturated heterocycles. The molecule has 2 rings (SSSR count). The lowest BCUT2D eigenvalue weighted by molar-refractivity contribution is 0.677. The minimum Gasteiger partial charge on any atom is -0.399 e. The standard InChI is InChI=1S/C13H20N2S/c1-10-8-11(5-6-13(10)14)15-9-12-4-2-3-7-16-12/h5-6,8,12,15H,2-4,7,9,14H2,1H3. The van der Waals surface area contributed by atoms with E-state index in [0.717, 1.165) is 23.0 Å². The normalized spacial score (nSPS) is 20.7. The van der Waals surface area contributed by atoms with E-state index in [4.69, 9.17) is 5.73 Å². The monoisotopic (exact) mass is 236 g/mol. The Morgan fingerprint density at radius 1 is 1.44 bits per heavy atom. The number of hydrogen-bond donors (Lipinski definition) is 2. The fraction of sp³-hybridized carbons (Fsp3) is 0.538. The lowest BCUT2D eigenvalue weighted by atomic mass is 10.1. The van der Waals surface area contributed by atoms with Crippen LogP contribution in [0.25, 0.3) is 0 Å². The Labute approximate surface area is 102 Å². The average Bonchev–Trinajstić information content (AvgIpc) is 2.32. The van der Waals surface area contributed by atoms with Gasteiger partial charge in [-0.15, -0.1) is 0 Å². The van der Waals surface area contributed by atoms with E-state index in [1.807, 2.05) is 6.07 Å². The van der Waals surface area contributed by atoms with Gasteiger partial charge in [0.15, 0.2) is 0 Å². The first-order valence-corrected chi connectivity index (χ1v) is 7.02. The fourth-order valence-electron chi connectivity index (χ4n) is 1.99. The third-order valence-electron chi connectivity index (χ3n) is 3.08. The van der Waals surface area contributed by atoms with Gasteiger partial charge in [0.1, 0.15) is 0 Å². The minimum atomic E-state index is 0.784. The van der Waals surface area contributed by atoms with Crippen molar-refractivity contribution in [3.05, 3.63) is 23.8 Å². The van der Waals surface area contributed by atoms with Crippen LogP contribution in [0.15, 0.2) is 18.2 Å². The summed E-state index contributed by atoms with van der Waals surface area (Å²) in [5, 5.41) is 4.29. The molecule has 1 atom stereocenters. The topological polar surface area (TPSA) is 38.0 Å². The molecule has 1 unspecified atom stereocenters. The summed E-state index contributed by atoms with van der Waals surface area (Å²) in [5.41, 5.74) is 9.02. The highest BCUT2D eigenvalue weighted by Gasteiger charge is 2.13. The lowest BCUT2D eigenvalue weighted by Gasteiger charge is -2.22. The highest BCUT2D eigenvalue weighted by molar-refractivity contribution is 7.99. The number of nitrogens with two attached hydrogens (primary N) is 1. The molecule has 1 fully saturated rings. The van der Waals surface area contributed by atoms with E-state index >= 15 is 0 Å². The number of nitrogen functional groups attached to an aromatic ring is 1. The van der Waals surface area contributed by atoms with Gasteiger partial charge in [-0.05, 0) is 49.3 Å². The number of nitrogens with one attached hydrogen (secondary N) is 1. The van der Waals surface area contributed by atoms with Gasteiger partial charge in [0.2, 0.25) is 0 Å². The molecule has 3 heteroatoms. The van der Waals surface area contributed by atoms with Crippen molar-refractivity contribution in [2.45, 2.75) is 31.4 Å². The summed E-state index contributed by atoms with van der Waals surface area (Å²) in [6.07, 6.45) is 4.13. The number of rotatable bonds is 3. The molecule has 0 bridgehead atoms. The number of hydrogen-bond acceptors (Lipinski definition) is 3. The second-order valence-corrected chi connectivity index (χ2v) is 5.85. The quantitative estimate of drug-likeness (QED) is 0.791. The van der Waals surface area contributed by atoms with Crippen molar-refractivity contribution in [1.82, 2.24) is 0 Å². The Morgan fingerprint density at radius 2 is 2.31 bits per heavy atom. The minimum absolute atomic E-state index is 0.784. The molecule has 1 aliphatic heterocycles. The predicted octanol–water partition coefficient (Wildman–Crippen LogP) is 3.27. The highest BCUT2D eigenvalue weighted by atomic mass is 32.2. The van der Waals surface area contributed by atoms with Gasteiger partial charge in [0.05, 0.1) is 0 Å². The number of benzene rings is 1. The third-order valence-corrected chi connectivity index (χ3v) is 4.48. The van der Waals surface area contributed by atoms with E-state index < -0.39 is 0 Å². The van der Waals surface area contributed by atoms with E-state index in [2.05, 4.69) is 36.1 Å². The molecule has 1 heterocycles. The zero-order valence-electron chi connectivity index (χ0n) is 9.83. The van der Waals surface area contributed by atoms with Gasteiger partial charge >= 0.3 is 0 Å². The Morgan fingerprint density at radius 3 is 3.00 bits per heavy atom. The summed E-state index contributed by atoms with van der Waals surface area (Å²) in [7, 11) is 0. The van der Waals surface area contributed by atoms with Crippen LogP contribution in [0, 0.1) is 6.92 Å². The van der Waals surface area contributed by atoms with Crippen molar-refractivity contribution in [2.75, 3.05) is 23.3 Å². The van der Waals surface area contributed by atoms with Crippen LogP contribution in [0.3, 0.4) is 0 Å². The molecule has 0 aromatic heterocycles. The highest BCUT2D eigenvalue weighted by Crippen LogP contribution is 2.25. The maximum Gasteiger partial charge on any atom is 0.0345 e. The van der Waals surface area contributed by atoms with E-state index in [-0.39, 0.29) is 0 Å². The molecule has 0 saturated carbocycles. The van der Waals surface area contributed by atoms with E-state index in [1.54, 1.807) is 0 Å². The second kappa shape index (κ2) is 5.48. The lowest BCUT2D eigenvalue weighted by Crippen LogP contribution is -2.20. The number of aryl methyl sites for hydroxylation is 1. The van der Waals surface area contributed by atoms with Crippen LogP contribution < -0.4 is 11.1 Å². The number of thioether (sulfide) groups is 1. The van der Waals surface area contributed by atoms with Crippen LogP contribution in [-0.4, -0.2) is 17.5 Å². The van der Waals surface area contributed by atoms with Crippen LogP contribution in [0.4, 0.5) is 11.4 Å².